The number of benzene rings is 3. The molecule has 5 aromatic rings. The van der Waals surface area contributed by atoms with Gasteiger partial charge in [0, 0.05) is 48.3 Å². The molecule has 1 fully saturated rings. The van der Waals surface area contributed by atoms with Crippen molar-refractivity contribution in [1.29, 1.82) is 0 Å². The van der Waals surface area contributed by atoms with Crippen LogP contribution in [0.3, 0.4) is 0 Å². The average Bonchev–Trinajstić information content (AvgIpc) is 3.60. The van der Waals surface area contributed by atoms with Gasteiger partial charge in [0.2, 0.25) is 5.95 Å². The number of nitrogens with two attached hydrogens (primary N) is 1. The SMILES string of the molecule is Cc1cc(N2CCN(c3ccc(Cl)cc3)CC2)ccc1NC(=O)c1ncn(-c2nc3ccccc3[nH]2)c1C(N)=O. The first-order valence-corrected chi connectivity index (χ1v) is 13.2. The number of aryl methyl sites for hydroxylation is 1. The minimum absolute atomic E-state index is 0.0515. The Morgan fingerprint density at radius 3 is 2.30 bits per heavy atom. The summed E-state index contributed by atoms with van der Waals surface area (Å²) >= 11 is 6.03. The third-order valence-corrected chi connectivity index (χ3v) is 7.37. The van der Waals surface area contributed by atoms with E-state index in [0.29, 0.717) is 11.6 Å². The van der Waals surface area contributed by atoms with Gasteiger partial charge >= 0.3 is 0 Å². The normalized spacial score (nSPS) is 13.6. The third-order valence-electron chi connectivity index (χ3n) is 7.12. The highest BCUT2D eigenvalue weighted by molar-refractivity contribution is 6.30. The zero-order valence-corrected chi connectivity index (χ0v) is 22.5. The molecule has 1 aliphatic heterocycles. The molecule has 0 aliphatic carbocycles. The van der Waals surface area contributed by atoms with E-state index in [9.17, 15) is 9.59 Å². The molecule has 3 aromatic carbocycles. The zero-order chi connectivity index (χ0) is 27.8. The van der Waals surface area contributed by atoms with Gasteiger partial charge in [-0.3, -0.25) is 14.2 Å². The summed E-state index contributed by atoms with van der Waals surface area (Å²) in [5.74, 6) is -0.970. The van der Waals surface area contributed by atoms with Crippen molar-refractivity contribution < 1.29 is 9.59 Å². The molecule has 3 heterocycles. The van der Waals surface area contributed by atoms with Gasteiger partial charge in [-0.15, -0.1) is 0 Å². The number of para-hydroxylation sites is 2. The lowest BCUT2D eigenvalue weighted by Crippen LogP contribution is -2.46. The smallest absolute Gasteiger partial charge is 0.276 e. The maximum Gasteiger partial charge on any atom is 0.276 e. The second-order valence-electron chi connectivity index (χ2n) is 9.66. The number of rotatable bonds is 6. The third kappa shape index (κ3) is 4.85. The van der Waals surface area contributed by atoms with Crippen molar-refractivity contribution >= 4 is 51.5 Å². The molecule has 0 atom stereocenters. The molecule has 10 nitrogen and oxygen atoms in total. The number of anilines is 3. The van der Waals surface area contributed by atoms with Gasteiger partial charge in [-0.05, 0) is 67.1 Å². The van der Waals surface area contributed by atoms with Crippen molar-refractivity contribution in [2.45, 2.75) is 6.92 Å². The molecule has 11 heteroatoms. The number of piperazine rings is 1. The van der Waals surface area contributed by atoms with Crippen molar-refractivity contribution in [1.82, 2.24) is 19.5 Å². The van der Waals surface area contributed by atoms with Crippen LogP contribution in [0, 0.1) is 6.92 Å². The Balaban J connectivity index is 1.17. The molecule has 2 aromatic heterocycles. The monoisotopic (exact) mass is 554 g/mol. The number of carbonyl (C=O) groups is 2. The molecule has 4 N–H and O–H groups in total. The lowest BCUT2D eigenvalue weighted by molar-refractivity contribution is 0.0970. The molecular weight excluding hydrogens is 528 g/mol. The van der Waals surface area contributed by atoms with Gasteiger partial charge < -0.3 is 25.8 Å². The van der Waals surface area contributed by atoms with E-state index in [1.807, 2.05) is 67.6 Å². The molecule has 0 saturated carbocycles. The number of H-pyrrole nitrogens is 1. The van der Waals surface area contributed by atoms with Crippen LogP contribution in [0.5, 0.6) is 0 Å². The molecular formula is C29H27ClN8O2. The Morgan fingerprint density at radius 2 is 1.62 bits per heavy atom. The first-order valence-electron chi connectivity index (χ1n) is 12.9. The van der Waals surface area contributed by atoms with E-state index >= 15 is 0 Å². The van der Waals surface area contributed by atoms with Crippen molar-refractivity contribution in [3.05, 3.63) is 95.0 Å². The van der Waals surface area contributed by atoms with E-state index in [2.05, 4.69) is 36.1 Å². The average molecular weight is 555 g/mol. The van der Waals surface area contributed by atoms with Gasteiger partial charge in [-0.2, -0.15) is 0 Å². The molecule has 0 unspecified atom stereocenters. The summed E-state index contributed by atoms with van der Waals surface area (Å²) in [4.78, 5) is 42.1. The fourth-order valence-electron chi connectivity index (χ4n) is 5.01. The number of primary amides is 1. The van der Waals surface area contributed by atoms with E-state index in [4.69, 9.17) is 17.3 Å². The van der Waals surface area contributed by atoms with Crippen molar-refractivity contribution in [2.75, 3.05) is 41.3 Å². The van der Waals surface area contributed by atoms with Gasteiger partial charge in [-0.25, -0.2) is 9.97 Å². The molecule has 0 radical (unpaired) electrons. The summed E-state index contributed by atoms with van der Waals surface area (Å²) in [5.41, 5.74) is 10.8. The molecule has 6 rings (SSSR count). The summed E-state index contributed by atoms with van der Waals surface area (Å²) in [6, 6.07) is 21.3. The number of amides is 2. The summed E-state index contributed by atoms with van der Waals surface area (Å²) in [5, 5.41) is 3.62. The van der Waals surface area contributed by atoms with E-state index in [1.165, 1.54) is 10.9 Å². The topological polar surface area (TPSA) is 125 Å². The summed E-state index contributed by atoms with van der Waals surface area (Å²) < 4.78 is 1.40. The number of hydrogen-bond donors (Lipinski definition) is 3. The summed E-state index contributed by atoms with van der Waals surface area (Å²) in [6.07, 6.45) is 1.37. The second-order valence-corrected chi connectivity index (χ2v) is 10.1. The number of aromatic amines is 1. The van der Waals surface area contributed by atoms with Gasteiger partial charge in [-0.1, -0.05) is 23.7 Å². The molecule has 1 aliphatic rings. The Hall–Kier alpha value is -4.83. The maximum atomic E-state index is 13.2. The van der Waals surface area contributed by atoms with Gasteiger partial charge in [0.15, 0.2) is 5.69 Å². The highest BCUT2D eigenvalue weighted by Gasteiger charge is 2.25. The molecule has 2 amide bonds. The Morgan fingerprint density at radius 1 is 0.950 bits per heavy atom. The number of imidazole rings is 2. The largest absolute Gasteiger partial charge is 0.368 e. The van der Waals surface area contributed by atoms with Crippen LogP contribution < -0.4 is 20.9 Å². The molecule has 202 valence electrons. The fraction of sp³-hybridized carbons (Fsp3) is 0.172. The van der Waals surface area contributed by atoms with Crippen LogP contribution in [-0.2, 0) is 0 Å². The van der Waals surface area contributed by atoms with Crippen LogP contribution >= 0.6 is 11.6 Å². The second kappa shape index (κ2) is 10.4. The highest BCUT2D eigenvalue weighted by Crippen LogP contribution is 2.26. The standard InChI is InChI=1S/C29H27ClN8O2/c1-18-16-21(37-14-12-36(13-15-37)20-8-6-19(30)7-9-20)10-11-22(18)33-28(40)25-26(27(31)39)38(17-32-25)29-34-23-4-2-3-5-24(23)35-29/h2-11,16-17H,12-15H2,1H3,(H2,31,39)(H,33,40)(H,34,35). The van der Waals surface area contributed by atoms with E-state index in [-0.39, 0.29) is 11.4 Å². The predicted octanol–water partition coefficient (Wildman–Crippen LogP) is 4.39. The van der Waals surface area contributed by atoms with Crippen molar-refractivity contribution in [2.24, 2.45) is 5.73 Å². The Labute approximate surface area is 235 Å². The van der Waals surface area contributed by atoms with Crippen molar-refractivity contribution in [3.8, 4) is 5.95 Å². The van der Waals surface area contributed by atoms with Gasteiger partial charge in [0.25, 0.3) is 11.8 Å². The molecule has 0 spiro atoms. The van der Waals surface area contributed by atoms with E-state index in [0.717, 1.165) is 59.2 Å². The first-order chi connectivity index (χ1) is 19.4. The molecule has 40 heavy (non-hydrogen) atoms. The van der Waals surface area contributed by atoms with Crippen LogP contribution in [0.25, 0.3) is 17.0 Å². The van der Waals surface area contributed by atoms with Gasteiger partial charge in [0.05, 0.1) is 11.0 Å². The van der Waals surface area contributed by atoms with E-state index < -0.39 is 11.8 Å². The summed E-state index contributed by atoms with van der Waals surface area (Å²) in [7, 11) is 0. The minimum atomic E-state index is -0.784. The van der Waals surface area contributed by atoms with Crippen LogP contribution in [0.1, 0.15) is 26.5 Å². The maximum absolute atomic E-state index is 13.2. The lowest BCUT2D eigenvalue weighted by atomic mass is 10.1. The predicted molar refractivity (Wildman–Crippen MR) is 157 cm³/mol. The number of nitrogens with zero attached hydrogens (tertiary/aromatic N) is 5. The number of hydrogen-bond acceptors (Lipinski definition) is 6. The molecule has 1 saturated heterocycles. The van der Waals surface area contributed by atoms with Crippen LogP contribution in [0.2, 0.25) is 5.02 Å². The van der Waals surface area contributed by atoms with E-state index in [1.54, 1.807) is 0 Å². The fourth-order valence-corrected chi connectivity index (χ4v) is 5.13. The number of aromatic nitrogens is 4. The first kappa shape index (κ1) is 25.4. The quantitative estimate of drug-likeness (QED) is 0.286. The lowest BCUT2D eigenvalue weighted by Gasteiger charge is -2.37. The molecule has 0 bridgehead atoms. The Bertz CT molecular complexity index is 1680. The number of halogens is 1. The Kier molecular flexibility index (Phi) is 6.61. The van der Waals surface area contributed by atoms with Crippen molar-refractivity contribution in [3.63, 3.8) is 0 Å². The zero-order valence-electron chi connectivity index (χ0n) is 21.8. The van der Waals surface area contributed by atoms with Crippen LogP contribution in [0.15, 0.2) is 73.1 Å². The van der Waals surface area contributed by atoms with Gasteiger partial charge in [0.1, 0.15) is 12.0 Å². The summed E-state index contributed by atoms with van der Waals surface area (Å²) in [6.45, 7) is 5.46. The highest BCUT2D eigenvalue weighted by atomic mass is 35.5. The van der Waals surface area contributed by atoms with Crippen LogP contribution in [-0.4, -0.2) is 57.5 Å². The number of nitrogens with one attached hydrogen (secondary N) is 2. The number of carbonyl (C=O) groups excluding carboxylic acids is 2. The van der Waals surface area contributed by atoms with Crippen LogP contribution in [0.4, 0.5) is 17.1 Å². The number of fused-ring (bicyclic) bond motifs is 1. The minimum Gasteiger partial charge on any atom is -0.368 e.